The van der Waals surface area contributed by atoms with E-state index in [0.717, 1.165) is 0 Å². The Morgan fingerprint density at radius 1 is 0.929 bits per heavy atom. The van der Waals surface area contributed by atoms with E-state index in [0.29, 0.717) is 48.4 Å². The second kappa shape index (κ2) is 7.98. The number of hydrogen-bond donors (Lipinski definition) is 1. The minimum atomic E-state index is -0.663. The van der Waals surface area contributed by atoms with Crippen LogP contribution in [0.25, 0.3) is 0 Å². The number of anilines is 1. The van der Waals surface area contributed by atoms with Gasteiger partial charge in [-0.3, -0.25) is 4.79 Å². The molecule has 3 amide bonds. The summed E-state index contributed by atoms with van der Waals surface area (Å²) in [5.74, 6) is 1.11. The SMILES string of the molecule is O=C(Nc1ccc(Cl)cc1)N1CCN(C(=O)C2COc3ccccc3O2)CC1. The van der Waals surface area contributed by atoms with Crippen LogP contribution >= 0.6 is 11.6 Å². The van der Waals surface area contributed by atoms with Crippen molar-refractivity contribution < 1.29 is 19.1 Å². The predicted octanol–water partition coefficient (Wildman–Crippen LogP) is 2.86. The number of halogens is 1. The number of benzene rings is 2. The number of rotatable bonds is 2. The predicted molar refractivity (Wildman–Crippen MR) is 105 cm³/mol. The fraction of sp³-hybridized carbons (Fsp3) is 0.300. The number of carbonyl (C=O) groups excluding carboxylic acids is 2. The second-order valence-electron chi connectivity index (χ2n) is 6.61. The summed E-state index contributed by atoms with van der Waals surface area (Å²) in [5.41, 5.74) is 0.680. The van der Waals surface area contributed by atoms with Gasteiger partial charge < -0.3 is 24.6 Å². The van der Waals surface area contributed by atoms with Crippen LogP contribution in [0.15, 0.2) is 48.5 Å². The molecule has 1 saturated heterocycles. The van der Waals surface area contributed by atoms with Crippen molar-refractivity contribution in [2.24, 2.45) is 0 Å². The van der Waals surface area contributed by atoms with Crippen molar-refractivity contribution in [3.63, 3.8) is 0 Å². The maximum Gasteiger partial charge on any atom is 0.321 e. The first kappa shape index (κ1) is 18.4. The second-order valence-corrected chi connectivity index (χ2v) is 7.05. The Balaban J connectivity index is 1.29. The highest BCUT2D eigenvalue weighted by Gasteiger charge is 2.33. The van der Waals surface area contributed by atoms with E-state index in [1.807, 2.05) is 18.2 Å². The maximum atomic E-state index is 12.8. The summed E-state index contributed by atoms with van der Waals surface area (Å²) in [5, 5.41) is 3.45. The Kier molecular flexibility index (Phi) is 5.25. The standard InChI is InChI=1S/C20H20ClN3O4/c21-14-5-7-15(8-6-14)22-20(26)24-11-9-23(10-12-24)19(25)18-13-27-16-3-1-2-4-17(16)28-18/h1-8,18H,9-13H2,(H,22,26). The Hall–Kier alpha value is -2.93. The number of ether oxygens (including phenoxy) is 2. The molecule has 1 atom stereocenters. The lowest BCUT2D eigenvalue weighted by atomic mass is 10.2. The van der Waals surface area contributed by atoms with E-state index in [-0.39, 0.29) is 18.5 Å². The van der Waals surface area contributed by atoms with Crippen LogP contribution in [-0.4, -0.2) is 60.6 Å². The zero-order valence-corrected chi connectivity index (χ0v) is 15.9. The fourth-order valence-corrected chi connectivity index (χ4v) is 3.34. The molecule has 0 aliphatic carbocycles. The van der Waals surface area contributed by atoms with Crippen molar-refractivity contribution in [3.8, 4) is 11.5 Å². The van der Waals surface area contributed by atoms with E-state index in [2.05, 4.69) is 5.32 Å². The summed E-state index contributed by atoms with van der Waals surface area (Å²) in [6.07, 6.45) is -0.663. The van der Waals surface area contributed by atoms with Gasteiger partial charge in [-0.15, -0.1) is 0 Å². The molecule has 1 N–H and O–H groups in total. The molecule has 2 heterocycles. The van der Waals surface area contributed by atoms with Crippen LogP contribution in [0.5, 0.6) is 11.5 Å². The van der Waals surface area contributed by atoms with Gasteiger partial charge in [0.1, 0.15) is 6.61 Å². The lowest BCUT2D eigenvalue weighted by Crippen LogP contribution is -2.55. The molecule has 146 valence electrons. The van der Waals surface area contributed by atoms with Crippen LogP contribution in [0.2, 0.25) is 5.02 Å². The van der Waals surface area contributed by atoms with Crippen molar-refractivity contribution in [1.82, 2.24) is 9.80 Å². The van der Waals surface area contributed by atoms with Crippen molar-refractivity contribution in [2.75, 3.05) is 38.1 Å². The quantitative estimate of drug-likeness (QED) is 0.840. The molecule has 2 aliphatic heterocycles. The van der Waals surface area contributed by atoms with Crippen LogP contribution in [0.3, 0.4) is 0 Å². The molecular weight excluding hydrogens is 382 g/mol. The summed E-state index contributed by atoms with van der Waals surface area (Å²) < 4.78 is 11.4. The molecule has 1 fully saturated rings. The van der Waals surface area contributed by atoms with E-state index in [1.54, 1.807) is 40.1 Å². The molecule has 28 heavy (non-hydrogen) atoms. The lowest BCUT2D eigenvalue weighted by molar-refractivity contribution is -0.142. The number of nitrogens with one attached hydrogen (secondary N) is 1. The summed E-state index contributed by atoms with van der Waals surface area (Å²) in [6, 6.07) is 14.0. The van der Waals surface area contributed by atoms with Crippen molar-refractivity contribution in [2.45, 2.75) is 6.10 Å². The number of para-hydroxylation sites is 2. The molecule has 4 rings (SSSR count). The number of carbonyl (C=O) groups is 2. The first-order chi connectivity index (χ1) is 13.6. The van der Waals surface area contributed by atoms with E-state index >= 15 is 0 Å². The van der Waals surface area contributed by atoms with Crippen LogP contribution < -0.4 is 14.8 Å². The third-order valence-corrected chi connectivity index (χ3v) is 5.01. The smallest absolute Gasteiger partial charge is 0.321 e. The molecule has 1 unspecified atom stereocenters. The van der Waals surface area contributed by atoms with E-state index in [1.165, 1.54) is 0 Å². The van der Waals surface area contributed by atoms with Gasteiger partial charge in [0.15, 0.2) is 11.5 Å². The number of hydrogen-bond acceptors (Lipinski definition) is 4. The summed E-state index contributed by atoms with van der Waals surface area (Å²) >= 11 is 5.85. The zero-order valence-electron chi connectivity index (χ0n) is 15.1. The topological polar surface area (TPSA) is 71.1 Å². The first-order valence-electron chi connectivity index (χ1n) is 9.09. The number of urea groups is 1. The minimum absolute atomic E-state index is 0.118. The fourth-order valence-electron chi connectivity index (χ4n) is 3.21. The monoisotopic (exact) mass is 401 g/mol. The molecule has 0 radical (unpaired) electrons. The normalized spacial score (nSPS) is 18.5. The highest BCUT2D eigenvalue weighted by atomic mass is 35.5. The maximum absolute atomic E-state index is 12.8. The molecule has 8 heteroatoms. The number of piperazine rings is 1. The average Bonchev–Trinajstić information content (AvgIpc) is 2.74. The lowest BCUT2D eigenvalue weighted by Gasteiger charge is -2.37. The Bertz CT molecular complexity index is 866. The molecular formula is C20H20ClN3O4. The molecule has 0 spiro atoms. The van der Waals surface area contributed by atoms with Gasteiger partial charge in [-0.05, 0) is 36.4 Å². The van der Waals surface area contributed by atoms with Crippen molar-refractivity contribution in [3.05, 3.63) is 53.6 Å². The highest BCUT2D eigenvalue weighted by molar-refractivity contribution is 6.30. The number of nitrogens with zero attached hydrogens (tertiary/aromatic N) is 2. The number of fused-ring (bicyclic) bond motifs is 1. The Morgan fingerprint density at radius 2 is 1.57 bits per heavy atom. The highest BCUT2D eigenvalue weighted by Crippen LogP contribution is 2.31. The van der Waals surface area contributed by atoms with Crippen LogP contribution in [0.4, 0.5) is 10.5 Å². The van der Waals surface area contributed by atoms with Gasteiger partial charge in [-0.2, -0.15) is 0 Å². The van der Waals surface area contributed by atoms with Gasteiger partial charge in [0.2, 0.25) is 6.10 Å². The summed E-state index contributed by atoms with van der Waals surface area (Å²) in [4.78, 5) is 28.6. The minimum Gasteiger partial charge on any atom is -0.485 e. The number of amides is 3. The first-order valence-corrected chi connectivity index (χ1v) is 9.47. The molecule has 7 nitrogen and oxygen atoms in total. The summed E-state index contributed by atoms with van der Waals surface area (Å²) in [7, 11) is 0. The van der Waals surface area contributed by atoms with Gasteiger partial charge in [-0.1, -0.05) is 23.7 Å². The molecule has 0 aromatic heterocycles. The average molecular weight is 402 g/mol. The van der Waals surface area contributed by atoms with Gasteiger partial charge in [0.25, 0.3) is 5.91 Å². The van der Waals surface area contributed by atoms with Gasteiger partial charge >= 0.3 is 6.03 Å². The Labute approximate surface area is 167 Å². The van der Waals surface area contributed by atoms with E-state index < -0.39 is 6.10 Å². The molecule has 2 aromatic carbocycles. The molecule has 2 aliphatic rings. The Morgan fingerprint density at radius 3 is 2.29 bits per heavy atom. The molecule has 2 aromatic rings. The summed E-state index contributed by atoms with van der Waals surface area (Å²) in [6.45, 7) is 2.00. The third kappa shape index (κ3) is 3.99. The van der Waals surface area contributed by atoms with E-state index in [4.69, 9.17) is 21.1 Å². The largest absolute Gasteiger partial charge is 0.485 e. The third-order valence-electron chi connectivity index (χ3n) is 4.76. The van der Waals surface area contributed by atoms with Crippen LogP contribution in [0.1, 0.15) is 0 Å². The molecule has 0 saturated carbocycles. The zero-order chi connectivity index (χ0) is 19.5. The van der Waals surface area contributed by atoms with Crippen molar-refractivity contribution in [1.29, 1.82) is 0 Å². The van der Waals surface area contributed by atoms with E-state index in [9.17, 15) is 9.59 Å². The van der Waals surface area contributed by atoms with Crippen molar-refractivity contribution >= 4 is 29.2 Å². The van der Waals surface area contributed by atoms with Gasteiger partial charge in [0.05, 0.1) is 0 Å². The van der Waals surface area contributed by atoms with Crippen LogP contribution in [0, 0.1) is 0 Å². The van der Waals surface area contributed by atoms with Gasteiger partial charge in [0, 0.05) is 36.9 Å². The van der Waals surface area contributed by atoms with Crippen LogP contribution in [-0.2, 0) is 4.79 Å². The van der Waals surface area contributed by atoms with Gasteiger partial charge in [-0.25, -0.2) is 4.79 Å². The molecule has 0 bridgehead atoms.